The Morgan fingerprint density at radius 1 is 1.27 bits per heavy atom. The average Bonchev–Trinajstić information content (AvgIpc) is 3.40. The Morgan fingerprint density at radius 2 is 2.20 bits per heavy atom. The van der Waals surface area contributed by atoms with Crippen LogP contribution < -0.4 is 5.32 Å². The zero-order chi connectivity index (χ0) is 20.5. The van der Waals surface area contributed by atoms with Gasteiger partial charge in [-0.25, -0.2) is 4.98 Å². The zero-order valence-corrected chi connectivity index (χ0v) is 16.7. The van der Waals surface area contributed by atoms with Gasteiger partial charge in [-0.05, 0) is 50.1 Å². The third kappa shape index (κ3) is 3.50. The standard InChI is InChI=1S/C22H22N6O2/c1-14-25-21-20(28(14)13-17-6-4-10-30-17)18-11-15(7-8-19(18)26-27-21)22(29)24-12-16-5-2-3-9-23-16/h2-3,5,7-9,11,17H,4,6,10,12-13H2,1H3,(H,24,29)/t17-/m0/s1. The summed E-state index contributed by atoms with van der Waals surface area (Å²) in [6.45, 7) is 3.86. The van der Waals surface area contributed by atoms with Crippen molar-refractivity contribution in [2.75, 3.05) is 6.61 Å². The Bertz CT molecular complexity index is 1210. The topological polar surface area (TPSA) is 94.8 Å². The summed E-state index contributed by atoms with van der Waals surface area (Å²) in [4.78, 5) is 21.6. The Labute approximate surface area is 173 Å². The van der Waals surface area contributed by atoms with Crippen LogP contribution in [-0.4, -0.2) is 43.4 Å². The highest BCUT2D eigenvalue weighted by Gasteiger charge is 2.21. The first-order valence-electron chi connectivity index (χ1n) is 10.1. The number of nitrogens with one attached hydrogen (secondary N) is 1. The molecule has 0 aliphatic carbocycles. The van der Waals surface area contributed by atoms with Gasteiger partial charge in [0.15, 0.2) is 0 Å². The predicted molar refractivity (Wildman–Crippen MR) is 112 cm³/mol. The number of carbonyl (C=O) groups is 1. The van der Waals surface area contributed by atoms with Gasteiger partial charge in [-0.1, -0.05) is 6.07 Å². The number of ether oxygens (including phenoxy) is 1. The lowest BCUT2D eigenvalue weighted by molar-refractivity contribution is 0.0950. The molecule has 0 spiro atoms. The molecular formula is C22H22N6O2. The Kier molecular flexibility index (Phi) is 4.84. The van der Waals surface area contributed by atoms with E-state index in [0.717, 1.165) is 53.9 Å². The molecule has 4 heterocycles. The van der Waals surface area contributed by atoms with E-state index in [1.165, 1.54) is 0 Å². The van der Waals surface area contributed by atoms with Crippen molar-refractivity contribution in [1.82, 2.24) is 30.0 Å². The van der Waals surface area contributed by atoms with E-state index in [-0.39, 0.29) is 12.0 Å². The van der Waals surface area contributed by atoms with Gasteiger partial charge >= 0.3 is 0 Å². The molecule has 30 heavy (non-hydrogen) atoms. The van der Waals surface area contributed by atoms with Crippen LogP contribution >= 0.6 is 0 Å². The Morgan fingerprint density at radius 3 is 3.00 bits per heavy atom. The lowest BCUT2D eigenvalue weighted by Crippen LogP contribution is -2.23. The summed E-state index contributed by atoms with van der Waals surface area (Å²) >= 11 is 0. The molecule has 3 aromatic heterocycles. The number of pyridine rings is 1. The minimum absolute atomic E-state index is 0.158. The van der Waals surface area contributed by atoms with Crippen molar-refractivity contribution in [3.63, 3.8) is 0 Å². The average molecular weight is 402 g/mol. The van der Waals surface area contributed by atoms with Crippen LogP contribution in [0, 0.1) is 6.92 Å². The molecule has 8 nitrogen and oxygen atoms in total. The highest BCUT2D eigenvalue weighted by molar-refractivity contribution is 6.05. The summed E-state index contributed by atoms with van der Waals surface area (Å²) in [7, 11) is 0. The maximum Gasteiger partial charge on any atom is 0.251 e. The monoisotopic (exact) mass is 402 g/mol. The lowest BCUT2D eigenvalue weighted by Gasteiger charge is -2.13. The molecule has 1 aliphatic heterocycles. The van der Waals surface area contributed by atoms with Crippen molar-refractivity contribution < 1.29 is 9.53 Å². The van der Waals surface area contributed by atoms with Gasteiger partial charge in [0, 0.05) is 23.8 Å². The molecule has 1 aromatic carbocycles. The summed E-state index contributed by atoms with van der Waals surface area (Å²) in [5, 5.41) is 12.4. The van der Waals surface area contributed by atoms with Crippen LogP contribution in [0.2, 0.25) is 0 Å². The number of hydrogen-bond donors (Lipinski definition) is 1. The molecule has 0 radical (unpaired) electrons. The number of rotatable bonds is 5. The largest absolute Gasteiger partial charge is 0.376 e. The van der Waals surface area contributed by atoms with E-state index in [9.17, 15) is 4.79 Å². The van der Waals surface area contributed by atoms with Gasteiger partial charge in [-0.2, -0.15) is 0 Å². The van der Waals surface area contributed by atoms with Gasteiger partial charge in [0.2, 0.25) is 5.65 Å². The number of nitrogens with zero attached hydrogens (tertiary/aromatic N) is 5. The fraction of sp³-hybridized carbons (Fsp3) is 0.318. The summed E-state index contributed by atoms with van der Waals surface area (Å²) in [6, 6.07) is 11.1. The number of carbonyl (C=O) groups excluding carboxylic acids is 1. The minimum Gasteiger partial charge on any atom is -0.376 e. The Balaban J connectivity index is 1.50. The summed E-state index contributed by atoms with van der Waals surface area (Å²) in [5.41, 5.74) is 3.59. The van der Waals surface area contributed by atoms with E-state index in [1.807, 2.05) is 37.3 Å². The summed E-state index contributed by atoms with van der Waals surface area (Å²) in [5.74, 6) is 0.710. The van der Waals surface area contributed by atoms with Crippen molar-refractivity contribution in [3.05, 3.63) is 59.7 Å². The number of aromatic nitrogens is 5. The van der Waals surface area contributed by atoms with Gasteiger partial charge in [0.25, 0.3) is 5.91 Å². The van der Waals surface area contributed by atoms with E-state index in [0.29, 0.717) is 17.8 Å². The first kappa shape index (κ1) is 18.6. The number of hydrogen-bond acceptors (Lipinski definition) is 6. The van der Waals surface area contributed by atoms with Crippen molar-refractivity contribution in [2.24, 2.45) is 0 Å². The van der Waals surface area contributed by atoms with Crippen LogP contribution in [0.4, 0.5) is 0 Å². The summed E-state index contributed by atoms with van der Waals surface area (Å²) in [6.07, 6.45) is 4.01. The number of fused-ring (bicyclic) bond motifs is 3. The highest BCUT2D eigenvalue weighted by Crippen LogP contribution is 2.26. The SMILES string of the molecule is Cc1nc2nnc3ccc(C(=O)NCc4ccccn4)cc3c2n1C[C@@H]1CCCO1. The molecule has 8 heteroatoms. The lowest BCUT2D eigenvalue weighted by atomic mass is 10.1. The maximum atomic E-state index is 12.7. The normalized spacial score (nSPS) is 16.4. The fourth-order valence-corrected chi connectivity index (χ4v) is 3.93. The first-order chi connectivity index (χ1) is 14.7. The van der Waals surface area contributed by atoms with E-state index >= 15 is 0 Å². The number of aryl methyl sites for hydroxylation is 1. The minimum atomic E-state index is -0.158. The van der Waals surface area contributed by atoms with Gasteiger partial charge < -0.3 is 14.6 Å². The second-order valence-electron chi connectivity index (χ2n) is 7.51. The molecule has 4 aromatic rings. The number of imidazole rings is 1. The molecule has 1 amide bonds. The second-order valence-corrected chi connectivity index (χ2v) is 7.51. The second kappa shape index (κ2) is 7.79. The maximum absolute atomic E-state index is 12.7. The summed E-state index contributed by atoms with van der Waals surface area (Å²) < 4.78 is 7.96. The van der Waals surface area contributed by atoms with Crippen LogP contribution in [0.3, 0.4) is 0 Å². The van der Waals surface area contributed by atoms with Gasteiger partial charge in [0.1, 0.15) is 5.82 Å². The van der Waals surface area contributed by atoms with Gasteiger partial charge in [0.05, 0.1) is 35.9 Å². The van der Waals surface area contributed by atoms with Crippen LogP contribution in [0.5, 0.6) is 0 Å². The molecule has 152 valence electrons. The van der Waals surface area contributed by atoms with E-state index in [2.05, 4.69) is 30.0 Å². The molecule has 0 saturated carbocycles. The molecule has 0 bridgehead atoms. The first-order valence-corrected chi connectivity index (χ1v) is 10.1. The predicted octanol–water partition coefficient (Wildman–Crippen LogP) is 2.79. The van der Waals surface area contributed by atoms with Crippen molar-refractivity contribution >= 4 is 28.0 Å². The molecule has 1 atom stereocenters. The molecule has 1 fully saturated rings. The van der Waals surface area contributed by atoms with Crippen molar-refractivity contribution in [2.45, 2.75) is 39.0 Å². The molecule has 0 unspecified atom stereocenters. The quantitative estimate of drug-likeness (QED) is 0.552. The van der Waals surface area contributed by atoms with E-state index < -0.39 is 0 Å². The van der Waals surface area contributed by atoms with Crippen LogP contribution in [0.1, 0.15) is 34.7 Å². The third-order valence-electron chi connectivity index (χ3n) is 5.47. The zero-order valence-electron chi connectivity index (χ0n) is 16.7. The van der Waals surface area contributed by atoms with Gasteiger partial charge in [-0.3, -0.25) is 9.78 Å². The van der Waals surface area contributed by atoms with Crippen LogP contribution in [0.15, 0.2) is 42.6 Å². The Hall–Kier alpha value is -3.39. The van der Waals surface area contributed by atoms with Crippen molar-refractivity contribution in [1.29, 1.82) is 0 Å². The third-order valence-corrected chi connectivity index (χ3v) is 5.47. The van der Waals surface area contributed by atoms with Crippen LogP contribution in [0.25, 0.3) is 22.1 Å². The fourth-order valence-electron chi connectivity index (χ4n) is 3.93. The van der Waals surface area contributed by atoms with Crippen molar-refractivity contribution in [3.8, 4) is 0 Å². The highest BCUT2D eigenvalue weighted by atomic mass is 16.5. The van der Waals surface area contributed by atoms with Gasteiger partial charge in [-0.15, -0.1) is 10.2 Å². The molecule has 1 aliphatic rings. The van der Waals surface area contributed by atoms with Crippen LogP contribution in [-0.2, 0) is 17.8 Å². The smallest absolute Gasteiger partial charge is 0.251 e. The van der Waals surface area contributed by atoms with E-state index in [1.54, 1.807) is 12.3 Å². The molecule has 5 rings (SSSR count). The molecule has 1 saturated heterocycles. The number of benzene rings is 1. The number of amides is 1. The van der Waals surface area contributed by atoms with E-state index in [4.69, 9.17) is 4.74 Å². The molecular weight excluding hydrogens is 380 g/mol. The molecule has 1 N–H and O–H groups in total.